The molecule has 0 aromatic heterocycles. The molecule has 1 aromatic rings. The van der Waals surface area contributed by atoms with Gasteiger partial charge in [0.25, 0.3) is 0 Å². The second-order valence-corrected chi connectivity index (χ2v) is 2.80. The van der Waals surface area contributed by atoms with Crippen molar-refractivity contribution >= 4 is 11.6 Å². The van der Waals surface area contributed by atoms with Gasteiger partial charge < -0.3 is 14.9 Å². The standard InChI is InChI=1S/C8H9ClO3/c9-8(10,11)12-6-7-4-2-1-3-5-7/h1-5,10-11H,6H2. The molecule has 0 spiro atoms. The fourth-order valence-electron chi connectivity index (χ4n) is 0.749. The minimum atomic E-state index is -2.57. The molecule has 0 bridgehead atoms. The molecular formula is C8H9ClO3. The normalized spacial score (nSPS) is 11.6. The summed E-state index contributed by atoms with van der Waals surface area (Å²) in [5, 5.41) is 17.2. The van der Waals surface area contributed by atoms with Crippen LogP contribution in [0.4, 0.5) is 0 Å². The highest BCUT2D eigenvalue weighted by molar-refractivity contribution is 6.20. The van der Waals surface area contributed by atoms with Crippen molar-refractivity contribution in [2.45, 2.75) is 12.0 Å². The summed E-state index contributed by atoms with van der Waals surface area (Å²) in [7, 11) is 0. The van der Waals surface area contributed by atoms with Crippen LogP contribution in [0.15, 0.2) is 30.3 Å². The van der Waals surface area contributed by atoms with Crippen molar-refractivity contribution < 1.29 is 14.9 Å². The highest BCUT2D eigenvalue weighted by Crippen LogP contribution is 2.11. The molecule has 0 aliphatic rings. The third-order valence-electron chi connectivity index (χ3n) is 1.27. The van der Waals surface area contributed by atoms with Gasteiger partial charge in [-0.2, -0.15) is 0 Å². The average Bonchev–Trinajstić information content (AvgIpc) is 2.02. The van der Waals surface area contributed by atoms with Gasteiger partial charge in [0.15, 0.2) is 0 Å². The number of aliphatic hydroxyl groups is 2. The molecule has 0 amide bonds. The number of alkyl halides is 1. The van der Waals surface area contributed by atoms with E-state index >= 15 is 0 Å². The van der Waals surface area contributed by atoms with Crippen molar-refractivity contribution in [2.24, 2.45) is 0 Å². The first-order chi connectivity index (χ1) is 5.58. The molecule has 0 aliphatic carbocycles. The topological polar surface area (TPSA) is 49.7 Å². The molecule has 0 unspecified atom stereocenters. The minimum absolute atomic E-state index is 0.0668. The number of ether oxygens (including phenoxy) is 1. The number of benzene rings is 1. The molecule has 1 rings (SSSR count). The lowest BCUT2D eigenvalue weighted by Gasteiger charge is -2.12. The van der Waals surface area contributed by atoms with Crippen LogP contribution in [-0.4, -0.2) is 15.6 Å². The maximum absolute atomic E-state index is 8.58. The van der Waals surface area contributed by atoms with Crippen LogP contribution in [0.25, 0.3) is 0 Å². The largest absolute Gasteiger partial charge is 0.365 e. The number of hydrogen-bond donors (Lipinski definition) is 2. The van der Waals surface area contributed by atoms with E-state index in [9.17, 15) is 0 Å². The van der Waals surface area contributed by atoms with E-state index in [1.54, 1.807) is 12.1 Å². The van der Waals surface area contributed by atoms with Crippen LogP contribution >= 0.6 is 11.6 Å². The average molecular weight is 189 g/mol. The maximum Gasteiger partial charge on any atom is 0.365 e. The molecule has 0 heterocycles. The van der Waals surface area contributed by atoms with Gasteiger partial charge in [0.05, 0.1) is 6.61 Å². The van der Waals surface area contributed by atoms with E-state index < -0.39 is 5.43 Å². The van der Waals surface area contributed by atoms with Crippen LogP contribution in [0.5, 0.6) is 0 Å². The zero-order valence-corrected chi connectivity index (χ0v) is 7.03. The molecule has 0 radical (unpaired) electrons. The number of hydrogen-bond acceptors (Lipinski definition) is 3. The molecule has 0 saturated heterocycles. The maximum atomic E-state index is 8.58. The van der Waals surface area contributed by atoms with E-state index in [2.05, 4.69) is 4.74 Å². The molecule has 0 saturated carbocycles. The van der Waals surface area contributed by atoms with Gasteiger partial charge in [-0.25, -0.2) is 0 Å². The van der Waals surface area contributed by atoms with E-state index in [1.807, 2.05) is 18.2 Å². The van der Waals surface area contributed by atoms with Gasteiger partial charge in [-0.05, 0) is 17.2 Å². The zero-order valence-electron chi connectivity index (χ0n) is 6.27. The van der Waals surface area contributed by atoms with Crippen LogP contribution in [0.2, 0.25) is 0 Å². The quantitative estimate of drug-likeness (QED) is 0.551. The van der Waals surface area contributed by atoms with E-state index in [0.717, 1.165) is 5.56 Å². The summed E-state index contributed by atoms with van der Waals surface area (Å²) >= 11 is 4.97. The Morgan fingerprint density at radius 3 is 2.33 bits per heavy atom. The molecular weight excluding hydrogens is 180 g/mol. The molecule has 12 heavy (non-hydrogen) atoms. The van der Waals surface area contributed by atoms with E-state index in [4.69, 9.17) is 21.8 Å². The summed E-state index contributed by atoms with van der Waals surface area (Å²) in [5.41, 5.74) is -1.75. The van der Waals surface area contributed by atoms with Gasteiger partial charge in [0.2, 0.25) is 0 Å². The summed E-state index contributed by atoms with van der Waals surface area (Å²) in [6.07, 6.45) is 0. The molecule has 0 fully saturated rings. The monoisotopic (exact) mass is 188 g/mol. The molecule has 0 aliphatic heterocycles. The lowest BCUT2D eigenvalue weighted by atomic mass is 10.2. The Hall–Kier alpha value is -0.610. The minimum Gasteiger partial charge on any atom is -0.330 e. The van der Waals surface area contributed by atoms with Crippen molar-refractivity contribution in [1.29, 1.82) is 0 Å². The summed E-state index contributed by atoms with van der Waals surface area (Å²) in [6.45, 7) is 0.0668. The Bertz CT molecular complexity index is 230. The number of rotatable bonds is 3. The molecule has 66 valence electrons. The van der Waals surface area contributed by atoms with E-state index in [1.165, 1.54) is 0 Å². The highest BCUT2D eigenvalue weighted by atomic mass is 35.5. The Labute approximate surface area is 75.2 Å². The fourth-order valence-corrected chi connectivity index (χ4v) is 0.804. The fraction of sp³-hybridized carbons (Fsp3) is 0.250. The molecule has 4 heteroatoms. The third kappa shape index (κ3) is 3.69. The zero-order chi connectivity index (χ0) is 9.03. The van der Waals surface area contributed by atoms with Crippen molar-refractivity contribution in [1.82, 2.24) is 0 Å². The summed E-state index contributed by atoms with van der Waals surface area (Å²) in [4.78, 5) is 0. The van der Waals surface area contributed by atoms with Crippen molar-refractivity contribution in [3.63, 3.8) is 0 Å². The predicted octanol–water partition coefficient (Wildman–Crippen LogP) is 1.04. The van der Waals surface area contributed by atoms with Gasteiger partial charge in [-0.15, -0.1) is 0 Å². The molecule has 3 nitrogen and oxygen atoms in total. The van der Waals surface area contributed by atoms with Crippen LogP contribution in [0, 0.1) is 0 Å². The Kier molecular flexibility index (Phi) is 3.05. The van der Waals surface area contributed by atoms with E-state index in [-0.39, 0.29) is 6.61 Å². The first-order valence-corrected chi connectivity index (χ1v) is 3.77. The van der Waals surface area contributed by atoms with Crippen LogP contribution in [0.1, 0.15) is 5.56 Å². The van der Waals surface area contributed by atoms with Crippen LogP contribution in [0.3, 0.4) is 0 Å². The van der Waals surface area contributed by atoms with Gasteiger partial charge in [-0.3, -0.25) is 0 Å². The molecule has 1 aromatic carbocycles. The first-order valence-electron chi connectivity index (χ1n) is 3.39. The summed E-state index contributed by atoms with van der Waals surface area (Å²) in [6, 6.07) is 9.09. The van der Waals surface area contributed by atoms with Gasteiger partial charge in [0, 0.05) is 0 Å². The molecule has 2 N–H and O–H groups in total. The summed E-state index contributed by atoms with van der Waals surface area (Å²) < 4.78 is 4.49. The predicted molar refractivity (Wildman–Crippen MR) is 44.3 cm³/mol. The van der Waals surface area contributed by atoms with Gasteiger partial charge >= 0.3 is 5.43 Å². The second-order valence-electron chi connectivity index (χ2n) is 2.30. The highest BCUT2D eigenvalue weighted by Gasteiger charge is 2.18. The van der Waals surface area contributed by atoms with Crippen LogP contribution < -0.4 is 0 Å². The van der Waals surface area contributed by atoms with Crippen LogP contribution in [-0.2, 0) is 11.3 Å². The second kappa shape index (κ2) is 3.87. The van der Waals surface area contributed by atoms with E-state index in [0.29, 0.717) is 0 Å². The van der Waals surface area contributed by atoms with Crippen molar-refractivity contribution in [3.05, 3.63) is 35.9 Å². The third-order valence-corrected chi connectivity index (χ3v) is 1.37. The Morgan fingerprint density at radius 1 is 1.25 bits per heavy atom. The Balaban J connectivity index is 2.44. The summed E-state index contributed by atoms with van der Waals surface area (Å²) in [5.74, 6) is 0. The Morgan fingerprint density at radius 2 is 1.83 bits per heavy atom. The van der Waals surface area contributed by atoms with Gasteiger partial charge in [-0.1, -0.05) is 30.3 Å². The lowest BCUT2D eigenvalue weighted by molar-refractivity contribution is -0.280. The van der Waals surface area contributed by atoms with Gasteiger partial charge in [0.1, 0.15) is 0 Å². The SMILES string of the molecule is OC(O)(Cl)OCc1ccccc1. The first kappa shape index (κ1) is 9.48. The lowest BCUT2D eigenvalue weighted by Crippen LogP contribution is -2.23. The number of halogens is 1. The smallest absolute Gasteiger partial charge is 0.330 e. The van der Waals surface area contributed by atoms with Crippen molar-refractivity contribution in [2.75, 3.05) is 0 Å². The molecule has 0 atom stereocenters. The van der Waals surface area contributed by atoms with Crippen molar-refractivity contribution in [3.8, 4) is 0 Å².